The number of aliphatic hydroxyl groups is 1. The van der Waals surface area contributed by atoms with E-state index in [1.807, 2.05) is 13.8 Å². The lowest BCUT2D eigenvalue weighted by Gasteiger charge is -2.56. The smallest absolute Gasteiger partial charge is 0.147 e. The van der Waals surface area contributed by atoms with Gasteiger partial charge in [0.25, 0.3) is 0 Å². The van der Waals surface area contributed by atoms with Gasteiger partial charge in [-0.2, -0.15) is 0 Å². The molecule has 0 saturated heterocycles. The van der Waals surface area contributed by atoms with E-state index >= 15 is 0 Å². The van der Waals surface area contributed by atoms with Crippen LogP contribution in [0.25, 0.3) is 0 Å². The van der Waals surface area contributed by atoms with E-state index in [9.17, 15) is 9.90 Å². The van der Waals surface area contributed by atoms with Gasteiger partial charge in [-0.1, -0.05) is 36.7 Å². The number of alkyl halides is 1. The van der Waals surface area contributed by atoms with Crippen LogP contribution in [0.1, 0.15) is 78.6 Å². The molecule has 0 amide bonds. The van der Waals surface area contributed by atoms with Gasteiger partial charge in [-0.05, 0) is 92.8 Å². The molecule has 0 spiro atoms. The van der Waals surface area contributed by atoms with Crippen LogP contribution in [0.15, 0.2) is 0 Å². The summed E-state index contributed by atoms with van der Waals surface area (Å²) in [5.41, 5.74) is 0.271. The number of hydrogen-bond acceptors (Lipinski definition) is 2. The number of ketones is 1. The number of fused-ring (bicyclic) bond motifs is 5. The lowest BCUT2D eigenvalue weighted by Crippen LogP contribution is -2.49. The van der Waals surface area contributed by atoms with Gasteiger partial charge in [0.2, 0.25) is 0 Å². The number of hydrogen-bond donors (Lipinski definition) is 1. The third-order valence-corrected chi connectivity index (χ3v) is 9.00. The van der Waals surface area contributed by atoms with Crippen LogP contribution in [0.2, 0.25) is 0 Å². The Morgan fingerprint density at radius 2 is 1.72 bits per heavy atom. The van der Waals surface area contributed by atoms with E-state index in [0.29, 0.717) is 17.0 Å². The van der Waals surface area contributed by atoms with Crippen LogP contribution < -0.4 is 0 Å². The maximum atomic E-state index is 12.4. The molecule has 4 fully saturated rings. The maximum Gasteiger partial charge on any atom is 0.147 e. The molecule has 0 aliphatic heterocycles. The summed E-state index contributed by atoms with van der Waals surface area (Å²) in [7, 11) is 0. The monoisotopic (exact) mass is 412 g/mol. The quantitative estimate of drug-likeness (QED) is 0.598. The van der Waals surface area contributed by atoms with Crippen molar-refractivity contribution in [1.82, 2.24) is 0 Å². The van der Waals surface area contributed by atoms with Crippen molar-refractivity contribution in [3.63, 3.8) is 0 Å². The molecule has 3 heteroatoms. The van der Waals surface area contributed by atoms with Gasteiger partial charge in [-0.15, -0.1) is 0 Å². The average molecular weight is 413 g/mol. The lowest BCUT2D eigenvalue weighted by molar-refractivity contribution is -0.128. The SMILES string of the molecule is CC.CC12CCC3C4CCC(O)CC4CCC3C1CCC2C(=O)CBr. The maximum absolute atomic E-state index is 12.4. The molecule has 4 rings (SSSR count). The molecule has 4 aliphatic rings. The zero-order valence-corrected chi connectivity index (χ0v) is 17.9. The first kappa shape index (κ1) is 19.9. The predicted molar refractivity (Wildman–Crippen MR) is 107 cm³/mol. The van der Waals surface area contributed by atoms with E-state index in [0.717, 1.165) is 48.9 Å². The molecule has 8 unspecified atom stereocenters. The minimum atomic E-state index is -0.0333. The fraction of sp³-hybridized carbons (Fsp3) is 0.955. The standard InChI is InChI=1S/C20H31BrO2.C2H6/c1-20-9-8-15-14-5-3-13(22)10-12(14)2-4-16(15)17(20)6-7-18(20)19(23)11-21;1-2/h12-18,22H,2-11H2,1H3;1-2H3. The van der Waals surface area contributed by atoms with Crippen LogP contribution >= 0.6 is 15.9 Å². The molecule has 0 aromatic carbocycles. The van der Waals surface area contributed by atoms with Gasteiger partial charge in [-0.3, -0.25) is 4.79 Å². The number of aliphatic hydroxyl groups excluding tert-OH is 1. The van der Waals surface area contributed by atoms with Gasteiger partial charge in [0.1, 0.15) is 5.78 Å². The first-order chi connectivity index (χ1) is 12.0. The summed E-state index contributed by atoms with van der Waals surface area (Å²) in [6, 6.07) is 0. The average Bonchev–Trinajstić information content (AvgIpc) is 2.99. The zero-order chi connectivity index (χ0) is 18.2. The Balaban J connectivity index is 0.000000880. The third kappa shape index (κ3) is 3.37. The Bertz CT molecular complexity index is 479. The number of Topliss-reactive ketones (excluding diaryl/α,β-unsaturated/α-hetero) is 1. The van der Waals surface area contributed by atoms with Crippen LogP contribution in [0.3, 0.4) is 0 Å². The van der Waals surface area contributed by atoms with E-state index in [1.165, 1.54) is 38.5 Å². The highest BCUT2D eigenvalue weighted by Gasteiger charge is 2.58. The second-order valence-electron chi connectivity index (χ2n) is 9.18. The molecule has 0 aromatic rings. The summed E-state index contributed by atoms with van der Waals surface area (Å²) in [6.45, 7) is 6.43. The van der Waals surface area contributed by atoms with Crippen molar-refractivity contribution in [1.29, 1.82) is 0 Å². The van der Waals surface area contributed by atoms with Gasteiger partial charge >= 0.3 is 0 Å². The highest BCUT2D eigenvalue weighted by molar-refractivity contribution is 9.09. The topological polar surface area (TPSA) is 37.3 Å². The van der Waals surface area contributed by atoms with Crippen LogP contribution in [-0.2, 0) is 4.79 Å². The lowest BCUT2D eigenvalue weighted by atomic mass is 9.49. The summed E-state index contributed by atoms with van der Waals surface area (Å²) in [5.74, 6) is 4.93. The van der Waals surface area contributed by atoms with Crippen LogP contribution in [0.4, 0.5) is 0 Å². The molecular formula is C22H37BrO2. The second kappa shape index (κ2) is 8.00. The number of rotatable bonds is 2. The van der Waals surface area contributed by atoms with Gasteiger partial charge < -0.3 is 5.11 Å². The van der Waals surface area contributed by atoms with Gasteiger partial charge in [0.05, 0.1) is 11.4 Å². The Morgan fingerprint density at radius 3 is 2.44 bits per heavy atom. The molecule has 0 aromatic heterocycles. The van der Waals surface area contributed by atoms with Gasteiger partial charge in [0, 0.05) is 5.92 Å². The first-order valence-corrected chi connectivity index (χ1v) is 11.9. The van der Waals surface area contributed by atoms with Gasteiger partial charge in [0.15, 0.2) is 0 Å². The number of halogens is 1. The van der Waals surface area contributed by atoms with Crippen LogP contribution in [0, 0.1) is 40.9 Å². The van der Waals surface area contributed by atoms with Crippen molar-refractivity contribution in [2.75, 3.05) is 5.33 Å². The highest BCUT2D eigenvalue weighted by atomic mass is 79.9. The van der Waals surface area contributed by atoms with E-state index in [-0.39, 0.29) is 11.5 Å². The molecule has 0 bridgehead atoms. The summed E-state index contributed by atoms with van der Waals surface area (Å²) < 4.78 is 0. The molecular weight excluding hydrogens is 376 g/mol. The Morgan fingerprint density at radius 1 is 1.00 bits per heavy atom. The Hall–Kier alpha value is 0.110. The summed E-state index contributed by atoms with van der Waals surface area (Å²) in [6.07, 6.45) is 11.0. The zero-order valence-electron chi connectivity index (χ0n) is 16.3. The molecule has 25 heavy (non-hydrogen) atoms. The fourth-order valence-corrected chi connectivity index (χ4v) is 7.84. The molecule has 4 aliphatic carbocycles. The molecule has 0 radical (unpaired) electrons. The number of carbonyl (C=O) groups excluding carboxylic acids is 1. The molecule has 4 saturated carbocycles. The normalized spacial score (nSPS) is 48.4. The molecule has 1 N–H and O–H groups in total. The minimum Gasteiger partial charge on any atom is -0.393 e. The molecule has 144 valence electrons. The first-order valence-electron chi connectivity index (χ1n) is 10.8. The fourth-order valence-electron chi connectivity index (χ4n) is 7.45. The molecule has 2 nitrogen and oxygen atoms in total. The van der Waals surface area contributed by atoms with Crippen molar-refractivity contribution in [2.24, 2.45) is 40.9 Å². The Labute approximate surface area is 162 Å². The summed E-state index contributed by atoms with van der Waals surface area (Å²) >= 11 is 3.41. The van der Waals surface area contributed by atoms with E-state index < -0.39 is 0 Å². The van der Waals surface area contributed by atoms with Crippen LogP contribution in [-0.4, -0.2) is 22.3 Å². The number of carbonyl (C=O) groups is 1. The van der Waals surface area contributed by atoms with Crippen molar-refractivity contribution in [2.45, 2.75) is 84.7 Å². The summed E-state index contributed by atoms with van der Waals surface area (Å²) in [5, 5.41) is 10.6. The third-order valence-electron chi connectivity index (χ3n) is 8.45. The van der Waals surface area contributed by atoms with E-state index in [2.05, 4.69) is 22.9 Å². The van der Waals surface area contributed by atoms with Gasteiger partial charge in [-0.25, -0.2) is 0 Å². The molecule has 8 atom stereocenters. The van der Waals surface area contributed by atoms with E-state index in [1.54, 1.807) is 0 Å². The molecule has 0 heterocycles. The predicted octanol–water partition coefficient (Wildman–Crippen LogP) is 5.61. The highest BCUT2D eigenvalue weighted by Crippen LogP contribution is 2.64. The Kier molecular flexibility index (Phi) is 6.36. The van der Waals surface area contributed by atoms with Crippen molar-refractivity contribution >= 4 is 21.7 Å². The largest absolute Gasteiger partial charge is 0.393 e. The minimum absolute atomic E-state index is 0.0333. The van der Waals surface area contributed by atoms with E-state index in [4.69, 9.17) is 0 Å². The van der Waals surface area contributed by atoms with Crippen LogP contribution in [0.5, 0.6) is 0 Å². The van der Waals surface area contributed by atoms with Crippen molar-refractivity contribution in [3.8, 4) is 0 Å². The van der Waals surface area contributed by atoms with Crippen molar-refractivity contribution in [3.05, 3.63) is 0 Å². The summed E-state index contributed by atoms with van der Waals surface area (Å²) in [4.78, 5) is 12.4. The van der Waals surface area contributed by atoms with Crippen molar-refractivity contribution < 1.29 is 9.90 Å². The second-order valence-corrected chi connectivity index (χ2v) is 9.74.